The first-order chi connectivity index (χ1) is 10.7. The van der Waals surface area contributed by atoms with Gasteiger partial charge in [0.05, 0.1) is 6.61 Å². The van der Waals surface area contributed by atoms with E-state index in [4.69, 9.17) is 4.74 Å². The molecule has 1 aromatic carbocycles. The number of carbonyl (C=O) groups is 1. The van der Waals surface area contributed by atoms with E-state index in [0.29, 0.717) is 12.6 Å². The topological polar surface area (TPSA) is 41.6 Å². The number of likely N-dealkylation sites (tertiary alicyclic amines) is 1. The summed E-state index contributed by atoms with van der Waals surface area (Å²) < 4.78 is 5.56. The number of rotatable bonds is 6. The van der Waals surface area contributed by atoms with Crippen molar-refractivity contribution in [2.24, 2.45) is 5.92 Å². The van der Waals surface area contributed by atoms with Crippen LogP contribution in [0, 0.1) is 5.92 Å². The molecule has 0 aromatic heterocycles. The van der Waals surface area contributed by atoms with E-state index < -0.39 is 0 Å². The molecule has 2 fully saturated rings. The number of ether oxygens (including phenoxy) is 1. The summed E-state index contributed by atoms with van der Waals surface area (Å²) in [4.78, 5) is 14.5. The Bertz CT molecular complexity index is 506. The van der Waals surface area contributed by atoms with Crippen LogP contribution in [-0.4, -0.2) is 36.5 Å². The van der Waals surface area contributed by atoms with Crippen molar-refractivity contribution in [2.45, 2.75) is 45.2 Å². The maximum absolute atomic E-state index is 12.1. The van der Waals surface area contributed by atoms with Crippen molar-refractivity contribution >= 4 is 5.91 Å². The van der Waals surface area contributed by atoms with Gasteiger partial charge in [-0.1, -0.05) is 12.1 Å². The summed E-state index contributed by atoms with van der Waals surface area (Å²) in [5.41, 5.74) is 1.28. The molecular formula is C18H26N2O2. The van der Waals surface area contributed by atoms with Crippen molar-refractivity contribution < 1.29 is 9.53 Å². The molecule has 0 bridgehead atoms. The van der Waals surface area contributed by atoms with Crippen molar-refractivity contribution in [2.75, 3.05) is 19.7 Å². The predicted octanol–water partition coefficient (Wildman–Crippen LogP) is 2.58. The lowest BCUT2D eigenvalue weighted by Gasteiger charge is -2.31. The molecule has 0 unspecified atom stereocenters. The Morgan fingerprint density at radius 2 is 2.05 bits per heavy atom. The monoisotopic (exact) mass is 302 g/mol. The van der Waals surface area contributed by atoms with E-state index >= 15 is 0 Å². The predicted molar refractivity (Wildman–Crippen MR) is 86.8 cm³/mol. The summed E-state index contributed by atoms with van der Waals surface area (Å²) in [6.45, 7) is 5.65. The molecule has 1 aromatic rings. The van der Waals surface area contributed by atoms with E-state index in [9.17, 15) is 4.79 Å². The van der Waals surface area contributed by atoms with Crippen LogP contribution in [0.25, 0.3) is 0 Å². The van der Waals surface area contributed by atoms with Crippen LogP contribution in [0.15, 0.2) is 24.3 Å². The van der Waals surface area contributed by atoms with Crippen LogP contribution in [-0.2, 0) is 11.3 Å². The molecule has 22 heavy (non-hydrogen) atoms. The van der Waals surface area contributed by atoms with Gasteiger partial charge in [0.2, 0.25) is 5.91 Å². The smallest absolute Gasteiger partial charge is 0.223 e. The van der Waals surface area contributed by atoms with Crippen molar-refractivity contribution in [3.8, 4) is 5.75 Å². The molecule has 0 spiro atoms. The van der Waals surface area contributed by atoms with Gasteiger partial charge in [-0.3, -0.25) is 9.69 Å². The number of hydrogen-bond acceptors (Lipinski definition) is 3. The minimum absolute atomic E-state index is 0.214. The number of hydrogen-bond donors (Lipinski definition) is 1. The van der Waals surface area contributed by atoms with Gasteiger partial charge >= 0.3 is 0 Å². The normalized spacial score (nSPS) is 19.9. The Labute approximate surface area is 132 Å². The van der Waals surface area contributed by atoms with Crippen LogP contribution in [0.4, 0.5) is 0 Å². The Morgan fingerprint density at radius 3 is 2.73 bits per heavy atom. The van der Waals surface area contributed by atoms with Crippen molar-refractivity contribution in [1.82, 2.24) is 10.2 Å². The lowest BCUT2D eigenvalue weighted by molar-refractivity contribution is -0.126. The summed E-state index contributed by atoms with van der Waals surface area (Å²) in [5.74, 6) is 1.44. The fraction of sp³-hybridized carbons (Fsp3) is 0.611. The van der Waals surface area contributed by atoms with E-state index in [0.717, 1.165) is 38.2 Å². The zero-order valence-corrected chi connectivity index (χ0v) is 13.4. The highest BCUT2D eigenvalue weighted by Crippen LogP contribution is 2.24. The van der Waals surface area contributed by atoms with Gasteiger partial charge in [0, 0.05) is 18.5 Å². The second-order valence-corrected chi connectivity index (χ2v) is 6.41. The summed E-state index contributed by atoms with van der Waals surface area (Å²) in [5, 5.41) is 3.14. The molecule has 1 aliphatic carbocycles. The second-order valence-electron chi connectivity index (χ2n) is 6.41. The van der Waals surface area contributed by atoms with E-state index in [1.807, 2.05) is 13.0 Å². The molecule has 4 heteroatoms. The van der Waals surface area contributed by atoms with Crippen molar-refractivity contribution in [1.29, 1.82) is 0 Å². The summed E-state index contributed by atoms with van der Waals surface area (Å²) in [6.07, 6.45) is 4.29. The van der Waals surface area contributed by atoms with E-state index in [-0.39, 0.29) is 11.8 Å². The van der Waals surface area contributed by atoms with Crippen LogP contribution < -0.4 is 10.1 Å². The molecule has 0 radical (unpaired) electrons. The third-order valence-corrected chi connectivity index (χ3v) is 4.50. The van der Waals surface area contributed by atoms with Crippen LogP contribution in [0.1, 0.15) is 38.2 Å². The molecule has 2 aliphatic rings. The van der Waals surface area contributed by atoms with Gasteiger partial charge < -0.3 is 10.1 Å². The first-order valence-electron chi connectivity index (χ1n) is 8.49. The second kappa shape index (κ2) is 7.14. The lowest BCUT2D eigenvalue weighted by Crippen LogP contribution is -2.40. The van der Waals surface area contributed by atoms with E-state index in [1.54, 1.807) is 0 Å². The average Bonchev–Trinajstić information content (AvgIpc) is 3.33. The van der Waals surface area contributed by atoms with Crippen LogP contribution in [0.3, 0.4) is 0 Å². The molecule has 1 aliphatic heterocycles. The van der Waals surface area contributed by atoms with Crippen LogP contribution >= 0.6 is 0 Å². The number of carbonyl (C=O) groups excluding carboxylic acids is 1. The number of nitrogens with one attached hydrogen (secondary N) is 1. The average molecular weight is 302 g/mol. The molecule has 1 heterocycles. The lowest BCUT2D eigenvalue weighted by atomic mass is 9.95. The highest BCUT2D eigenvalue weighted by molar-refractivity contribution is 5.79. The van der Waals surface area contributed by atoms with Crippen LogP contribution in [0.2, 0.25) is 0 Å². The number of amides is 1. The van der Waals surface area contributed by atoms with Gasteiger partial charge in [-0.25, -0.2) is 0 Å². The first-order valence-corrected chi connectivity index (χ1v) is 8.49. The quantitative estimate of drug-likeness (QED) is 0.878. The molecule has 1 saturated heterocycles. The number of nitrogens with zero attached hydrogens (tertiary/aromatic N) is 1. The van der Waals surface area contributed by atoms with Gasteiger partial charge in [-0.15, -0.1) is 0 Å². The fourth-order valence-corrected chi connectivity index (χ4v) is 3.06. The van der Waals surface area contributed by atoms with Gasteiger partial charge in [0.15, 0.2) is 0 Å². The minimum atomic E-state index is 0.214. The maximum Gasteiger partial charge on any atom is 0.223 e. The van der Waals surface area contributed by atoms with Gasteiger partial charge in [0.1, 0.15) is 5.75 Å². The van der Waals surface area contributed by atoms with E-state index in [2.05, 4.69) is 28.4 Å². The summed E-state index contributed by atoms with van der Waals surface area (Å²) in [7, 11) is 0. The van der Waals surface area contributed by atoms with E-state index in [1.165, 1.54) is 18.4 Å². The third kappa shape index (κ3) is 4.23. The minimum Gasteiger partial charge on any atom is -0.494 e. The highest BCUT2D eigenvalue weighted by atomic mass is 16.5. The third-order valence-electron chi connectivity index (χ3n) is 4.50. The Kier molecular flexibility index (Phi) is 4.98. The fourth-order valence-electron chi connectivity index (χ4n) is 3.06. The standard InChI is InChI=1S/C18H26N2O2/c1-2-22-17-5-3-4-14(12-17)13-20-10-8-15(9-11-20)18(21)19-16-6-7-16/h3-5,12,15-16H,2,6-11,13H2,1H3,(H,19,21). The Balaban J connectivity index is 1.46. The number of piperidine rings is 1. The molecule has 1 saturated carbocycles. The van der Waals surface area contributed by atoms with Gasteiger partial charge in [-0.05, 0) is 63.4 Å². The number of benzene rings is 1. The van der Waals surface area contributed by atoms with Crippen molar-refractivity contribution in [3.05, 3.63) is 29.8 Å². The molecule has 0 atom stereocenters. The van der Waals surface area contributed by atoms with Crippen molar-refractivity contribution in [3.63, 3.8) is 0 Å². The SMILES string of the molecule is CCOc1cccc(CN2CCC(C(=O)NC3CC3)CC2)c1. The molecular weight excluding hydrogens is 276 g/mol. The summed E-state index contributed by atoms with van der Waals surface area (Å²) >= 11 is 0. The first kappa shape index (κ1) is 15.3. The molecule has 1 N–H and O–H groups in total. The Hall–Kier alpha value is -1.55. The van der Waals surface area contributed by atoms with Gasteiger partial charge in [-0.2, -0.15) is 0 Å². The maximum atomic E-state index is 12.1. The highest BCUT2D eigenvalue weighted by Gasteiger charge is 2.29. The zero-order chi connectivity index (χ0) is 15.4. The van der Waals surface area contributed by atoms with Gasteiger partial charge in [0.25, 0.3) is 0 Å². The molecule has 3 rings (SSSR count). The molecule has 120 valence electrons. The Morgan fingerprint density at radius 1 is 1.27 bits per heavy atom. The molecule has 4 nitrogen and oxygen atoms in total. The zero-order valence-electron chi connectivity index (χ0n) is 13.4. The summed E-state index contributed by atoms with van der Waals surface area (Å²) in [6, 6.07) is 8.80. The van der Waals surface area contributed by atoms with Crippen LogP contribution in [0.5, 0.6) is 5.75 Å². The largest absolute Gasteiger partial charge is 0.494 e. The molecule has 1 amide bonds.